The van der Waals surface area contributed by atoms with Gasteiger partial charge in [-0.05, 0) is 42.5 Å². The Kier molecular flexibility index (Phi) is 3.71. The van der Waals surface area contributed by atoms with Crippen LogP contribution < -0.4 is 5.56 Å². The molecule has 3 aromatic heterocycles. The fourth-order valence-electron chi connectivity index (χ4n) is 3.19. The molecule has 1 aliphatic rings. The van der Waals surface area contributed by atoms with Crippen molar-refractivity contribution in [3.63, 3.8) is 0 Å². The van der Waals surface area contributed by atoms with E-state index >= 15 is 0 Å². The SMILES string of the molecule is C[C@@H]1c2ccsc2CCN1Cc1cc(=O)n2cc(Cl)ccc2n1. The van der Waals surface area contributed by atoms with E-state index < -0.39 is 0 Å². The fourth-order valence-corrected chi connectivity index (χ4v) is 4.32. The highest BCUT2D eigenvalue weighted by atomic mass is 35.5. The minimum absolute atomic E-state index is 0.0895. The lowest BCUT2D eigenvalue weighted by Gasteiger charge is -2.33. The van der Waals surface area contributed by atoms with Crippen LogP contribution in [0.4, 0.5) is 0 Å². The molecule has 6 heteroatoms. The van der Waals surface area contributed by atoms with Gasteiger partial charge in [-0.1, -0.05) is 11.6 Å². The van der Waals surface area contributed by atoms with Crippen LogP contribution in [0.1, 0.15) is 29.1 Å². The van der Waals surface area contributed by atoms with Gasteiger partial charge in [0, 0.05) is 36.3 Å². The Morgan fingerprint density at radius 1 is 1.39 bits per heavy atom. The maximum atomic E-state index is 12.3. The van der Waals surface area contributed by atoms with E-state index in [-0.39, 0.29) is 5.56 Å². The molecule has 0 aromatic carbocycles. The molecule has 0 amide bonds. The summed E-state index contributed by atoms with van der Waals surface area (Å²) in [7, 11) is 0. The molecular weight excluding hydrogens is 330 g/mol. The van der Waals surface area contributed by atoms with Crippen LogP contribution in [0.15, 0.2) is 40.6 Å². The van der Waals surface area contributed by atoms with Gasteiger partial charge in [-0.3, -0.25) is 14.1 Å². The molecule has 0 aliphatic carbocycles. The molecule has 0 bridgehead atoms. The van der Waals surface area contributed by atoms with Crippen LogP contribution in [0.25, 0.3) is 5.65 Å². The lowest BCUT2D eigenvalue weighted by molar-refractivity contribution is 0.189. The maximum Gasteiger partial charge on any atom is 0.258 e. The summed E-state index contributed by atoms with van der Waals surface area (Å²) in [5.41, 5.74) is 2.76. The molecule has 118 valence electrons. The normalized spacial score (nSPS) is 18.3. The van der Waals surface area contributed by atoms with Gasteiger partial charge in [0.05, 0.1) is 10.7 Å². The smallest absolute Gasteiger partial charge is 0.258 e. The number of hydrogen-bond donors (Lipinski definition) is 0. The molecule has 4 nitrogen and oxygen atoms in total. The van der Waals surface area contributed by atoms with E-state index in [0.29, 0.717) is 23.3 Å². The third-order valence-corrected chi connectivity index (χ3v) is 5.67. The number of hydrogen-bond acceptors (Lipinski definition) is 4. The van der Waals surface area contributed by atoms with Crippen LogP contribution in [-0.4, -0.2) is 20.8 Å². The molecule has 3 aromatic rings. The van der Waals surface area contributed by atoms with Crippen LogP contribution in [0.5, 0.6) is 0 Å². The third-order valence-electron chi connectivity index (χ3n) is 4.45. The topological polar surface area (TPSA) is 37.6 Å². The average molecular weight is 346 g/mol. The number of thiophene rings is 1. The Bertz CT molecular complexity index is 933. The van der Waals surface area contributed by atoms with E-state index in [2.05, 4.69) is 28.3 Å². The van der Waals surface area contributed by atoms with Gasteiger partial charge in [0.1, 0.15) is 5.65 Å². The van der Waals surface area contributed by atoms with Crippen LogP contribution in [0.2, 0.25) is 5.02 Å². The molecule has 0 fully saturated rings. The van der Waals surface area contributed by atoms with Crippen molar-refractivity contribution >= 4 is 28.6 Å². The molecule has 1 aliphatic heterocycles. The molecule has 0 N–H and O–H groups in total. The highest BCUT2D eigenvalue weighted by Gasteiger charge is 2.25. The predicted molar refractivity (Wildman–Crippen MR) is 93.3 cm³/mol. The zero-order valence-electron chi connectivity index (χ0n) is 12.7. The van der Waals surface area contributed by atoms with Gasteiger partial charge in [-0.15, -0.1) is 11.3 Å². The van der Waals surface area contributed by atoms with Gasteiger partial charge in [0.25, 0.3) is 5.56 Å². The summed E-state index contributed by atoms with van der Waals surface area (Å²) in [6, 6.07) is 7.72. The van der Waals surface area contributed by atoms with Crippen molar-refractivity contribution < 1.29 is 0 Å². The lowest BCUT2D eigenvalue weighted by atomic mass is 10.0. The molecule has 1 atom stereocenters. The number of pyridine rings is 1. The van der Waals surface area contributed by atoms with Crippen LogP contribution in [0, 0.1) is 0 Å². The Morgan fingerprint density at radius 3 is 3.13 bits per heavy atom. The Hall–Kier alpha value is -1.69. The first-order valence-electron chi connectivity index (χ1n) is 7.60. The van der Waals surface area contributed by atoms with Crippen molar-refractivity contribution in [3.8, 4) is 0 Å². The van der Waals surface area contributed by atoms with Gasteiger partial charge in [0.15, 0.2) is 0 Å². The van der Waals surface area contributed by atoms with Gasteiger partial charge in [0.2, 0.25) is 0 Å². The molecule has 0 saturated heterocycles. The second kappa shape index (κ2) is 5.74. The average Bonchev–Trinajstić information content (AvgIpc) is 3.00. The number of halogens is 1. The van der Waals surface area contributed by atoms with E-state index in [1.807, 2.05) is 11.3 Å². The molecular formula is C17H16ClN3OS. The molecule has 23 heavy (non-hydrogen) atoms. The van der Waals surface area contributed by atoms with E-state index in [4.69, 9.17) is 11.6 Å². The number of nitrogens with zero attached hydrogens (tertiary/aromatic N) is 3. The van der Waals surface area contributed by atoms with Gasteiger partial charge in [-0.2, -0.15) is 0 Å². The van der Waals surface area contributed by atoms with Crippen molar-refractivity contribution in [1.82, 2.24) is 14.3 Å². The van der Waals surface area contributed by atoms with E-state index in [1.165, 1.54) is 14.8 Å². The van der Waals surface area contributed by atoms with Crippen LogP contribution in [-0.2, 0) is 13.0 Å². The van der Waals surface area contributed by atoms with Crippen molar-refractivity contribution in [2.24, 2.45) is 0 Å². The van der Waals surface area contributed by atoms with Gasteiger partial charge >= 0.3 is 0 Å². The standard InChI is InChI=1S/C17H16ClN3OS/c1-11-14-5-7-23-15(14)4-6-20(11)10-13-8-17(22)21-9-12(18)2-3-16(21)19-13/h2-3,5,7-9,11H,4,6,10H2,1H3/t11-/m1/s1. The fraction of sp³-hybridized carbons (Fsp3) is 0.294. The molecule has 4 heterocycles. The summed E-state index contributed by atoms with van der Waals surface area (Å²) in [6.45, 7) is 3.90. The zero-order valence-corrected chi connectivity index (χ0v) is 14.3. The predicted octanol–water partition coefficient (Wildman–Crippen LogP) is 3.53. The second-order valence-electron chi connectivity index (χ2n) is 5.86. The molecule has 0 saturated carbocycles. The van der Waals surface area contributed by atoms with Crippen molar-refractivity contribution in [3.05, 3.63) is 67.4 Å². The van der Waals surface area contributed by atoms with Gasteiger partial charge < -0.3 is 0 Å². The first-order chi connectivity index (χ1) is 11.1. The Morgan fingerprint density at radius 2 is 2.26 bits per heavy atom. The minimum atomic E-state index is -0.0895. The maximum absolute atomic E-state index is 12.3. The van der Waals surface area contributed by atoms with Gasteiger partial charge in [-0.25, -0.2) is 4.98 Å². The first-order valence-corrected chi connectivity index (χ1v) is 8.86. The van der Waals surface area contributed by atoms with Crippen molar-refractivity contribution in [1.29, 1.82) is 0 Å². The number of fused-ring (bicyclic) bond motifs is 2. The second-order valence-corrected chi connectivity index (χ2v) is 7.29. The first kappa shape index (κ1) is 14.9. The third kappa shape index (κ3) is 2.69. The number of aromatic nitrogens is 2. The quantitative estimate of drug-likeness (QED) is 0.713. The summed E-state index contributed by atoms with van der Waals surface area (Å²) in [4.78, 5) is 20.8. The highest BCUT2D eigenvalue weighted by Crippen LogP contribution is 2.33. The highest BCUT2D eigenvalue weighted by molar-refractivity contribution is 7.10. The largest absolute Gasteiger partial charge is 0.290 e. The Balaban J connectivity index is 1.66. The molecule has 0 radical (unpaired) electrons. The summed E-state index contributed by atoms with van der Waals surface area (Å²) in [5.74, 6) is 0. The lowest BCUT2D eigenvalue weighted by Crippen LogP contribution is -2.33. The van der Waals surface area contributed by atoms with E-state index in [0.717, 1.165) is 18.7 Å². The zero-order chi connectivity index (χ0) is 16.0. The summed E-state index contributed by atoms with van der Waals surface area (Å²) in [6.07, 6.45) is 2.68. The van der Waals surface area contributed by atoms with Crippen LogP contribution >= 0.6 is 22.9 Å². The monoisotopic (exact) mass is 345 g/mol. The Labute approximate surface area is 143 Å². The minimum Gasteiger partial charge on any atom is -0.290 e. The van der Waals surface area contributed by atoms with E-state index in [1.54, 1.807) is 24.4 Å². The van der Waals surface area contributed by atoms with Crippen molar-refractivity contribution in [2.45, 2.75) is 25.9 Å². The summed E-state index contributed by atoms with van der Waals surface area (Å²) < 4.78 is 1.49. The summed E-state index contributed by atoms with van der Waals surface area (Å²) >= 11 is 7.78. The van der Waals surface area contributed by atoms with Crippen molar-refractivity contribution in [2.75, 3.05) is 6.54 Å². The van der Waals surface area contributed by atoms with Crippen LogP contribution in [0.3, 0.4) is 0 Å². The molecule has 0 spiro atoms. The molecule has 0 unspecified atom stereocenters. The van der Waals surface area contributed by atoms with E-state index in [9.17, 15) is 4.79 Å². The molecule has 4 rings (SSSR count). The number of rotatable bonds is 2. The summed E-state index contributed by atoms with van der Waals surface area (Å²) in [5, 5.41) is 2.69.